The highest BCUT2D eigenvalue weighted by Gasteiger charge is 2.18. The molecule has 0 aliphatic carbocycles. The molecule has 0 spiro atoms. The van der Waals surface area contributed by atoms with Crippen molar-refractivity contribution in [3.05, 3.63) is 53.8 Å². The smallest absolute Gasteiger partial charge is 0.137 e. The molecule has 6 heteroatoms. The molecule has 1 atom stereocenters. The number of rotatable bonds is 4. The van der Waals surface area contributed by atoms with Crippen molar-refractivity contribution < 1.29 is 4.39 Å². The van der Waals surface area contributed by atoms with Crippen molar-refractivity contribution in [1.82, 2.24) is 5.32 Å². The van der Waals surface area contributed by atoms with Crippen LogP contribution in [0.3, 0.4) is 0 Å². The van der Waals surface area contributed by atoms with Crippen LogP contribution in [0, 0.1) is 5.82 Å². The van der Waals surface area contributed by atoms with Gasteiger partial charge in [-0.2, -0.15) is 0 Å². The molecule has 0 aliphatic heterocycles. The second-order valence-corrected chi connectivity index (χ2v) is 7.33. The van der Waals surface area contributed by atoms with Gasteiger partial charge < -0.3 is 5.32 Å². The summed E-state index contributed by atoms with van der Waals surface area (Å²) in [5, 5.41) is 3.35. The van der Waals surface area contributed by atoms with Crippen LogP contribution in [0.1, 0.15) is 23.4 Å². The first kappa shape index (κ1) is 15.4. The van der Waals surface area contributed by atoms with Gasteiger partial charge in [-0.25, -0.2) is 4.39 Å². The summed E-state index contributed by atoms with van der Waals surface area (Å²) in [4.78, 5) is 1.06. The summed E-state index contributed by atoms with van der Waals surface area (Å²) in [7, 11) is 0. The van der Waals surface area contributed by atoms with Crippen molar-refractivity contribution in [3.63, 3.8) is 0 Å². The predicted molar refractivity (Wildman–Crippen MR) is 86.6 cm³/mol. The molecule has 0 amide bonds. The molecule has 1 nitrogen and oxygen atoms in total. The highest BCUT2D eigenvalue weighted by Crippen LogP contribution is 2.37. The third-order valence-electron chi connectivity index (χ3n) is 2.63. The first-order chi connectivity index (χ1) is 9.02. The maximum atomic E-state index is 13.7. The van der Waals surface area contributed by atoms with Gasteiger partial charge in [0.05, 0.1) is 10.5 Å². The summed E-state index contributed by atoms with van der Waals surface area (Å²) >= 11 is 14.1. The molecule has 1 unspecified atom stereocenters. The van der Waals surface area contributed by atoms with Gasteiger partial charge in [0, 0.05) is 9.35 Å². The quantitative estimate of drug-likeness (QED) is 0.654. The van der Waals surface area contributed by atoms with Gasteiger partial charge in [-0.15, -0.1) is 11.3 Å². The first-order valence-corrected chi connectivity index (χ1v) is 8.44. The van der Waals surface area contributed by atoms with Crippen LogP contribution in [-0.2, 0) is 0 Å². The number of benzene rings is 1. The molecular weight excluding hydrogens is 416 g/mol. The summed E-state index contributed by atoms with van der Waals surface area (Å²) < 4.78 is 15.7. The van der Waals surface area contributed by atoms with Crippen molar-refractivity contribution in [3.8, 4) is 0 Å². The van der Waals surface area contributed by atoms with Crippen LogP contribution in [0.4, 0.5) is 4.39 Å². The van der Waals surface area contributed by atoms with Crippen molar-refractivity contribution >= 4 is 54.8 Å². The molecule has 0 fully saturated rings. The molecule has 1 N–H and O–H groups in total. The Morgan fingerprint density at radius 2 is 2.05 bits per heavy atom. The number of nitrogens with one attached hydrogen (secondary N) is 1. The molecular formula is C13H11Br2ClFNS. The highest BCUT2D eigenvalue weighted by atomic mass is 79.9. The minimum absolute atomic E-state index is 0.0543. The average Bonchev–Trinajstić information content (AvgIpc) is 2.70. The van der Waals surface area contributed by atoms with E-state index in [-0.39, 0.29) is 11.9 Å². The molecule has 0 radical (unpaired) electrons. The summed E-state index contributed by atoms with van der Waals surface area (Å²) in [6, 6.07) is 7.09. The zero-order valence-electron chi connectivity index (χ0n) is 10.0. The average molecular weight is 428 g/mol. The topological polar surface area (TPSA) is 12.0 Å². The fourth-order valence-corrected chi connectivity index (χ4v) is 3.87. The molecule has 19 heavy (non-hydrogen) atoms. The molecule has 0 bridgehead atoms. The van der Waals surface area contributed by atoms with Crippen LogP contribution in [-0.4, -0.2) is 6.54 Å². The van der Waals surface area contributed by atoms with E-state index in [0.29, 0.717) is 8.81 Å². The molecule has 102 valence electrons. The van der Waals surface area contributed by atoms with Crippen LogP contribution in [0.15, 0.2) is 33.2 Å². The van der Waals surface area contributed by atoms with Crippen LogP contribution >= 0.6 is 54.8 Å². The van der Waals surface area contributed by atoms with Crippen molar-refractivity contribution in [1.29, 1.82) is 0 Å². The normalized spacial score (nSPS) is 12.7. The minimum atomic E-state index is -0.262. The van der Waals surface area contributed by atoms with E-state index in [1.165, 1.54) is 11.3 Å². The van der Waals surface area contributed by atoms with Gasteiger partial charge >= 0.3 is 0 Å². The lowest BCUT2D eigenvalue weighted by Crippen LogP contribution is -2.21. The monoisotopic (exact) mass is 425 g/mol. The van der Waals surface area contributed by atoms with Crippen molar-refractivity contribution in [2.24, 2.45) is 0 Å². The summed E-state index contributed by atoms with van der Waals surface area (Å²) in [6.45, 7) is 2.81. The number of thiophene rings is 1. The Hall–Kier alpha value is 0.0600. The Kier molecular flexibility index (Phi) is 5.43. The second kappa shape index (κ2) is 6.68. The van der Waals surface area contributed by atoms with E-state index in [2.05, 4.69) is 37.2 Å². The lowest BCUT2D eigenvalue weighted by Gasteiger charge is -2.17. The van der Waals surface area contributed by atoms with Gasteiger partial charge in [0.2, 0.25) is 0 Å². The standard InChI is InChI=1S/C13H11Br2ClFNS/c1-2-18-12(11-6-9(15)13(16)19-11)7-3-4-8(14)10(17)5-7/h3-6,12,18H,2H2,1H3. The van der Waals surface area contributed by atoms with E-state index in [9.17, 15) is 4.39 Å². The summed E-state index contributed by atoms with van der Waals surface area (Å²) in [6.07, 6.45) is 0. The third-order valence-corrected chi connectivity index (χ3v) is 5.82. The Morgan fingerprint density at radius 3 is 2.58 bits per heavy atom. The van der Waals surface area contributed by atoms with Crippen LogP contribution in [0.25, 0.3) is 0 Å². The Balaban J connectivity index is 2.41. The van der Waals surface area contributed by atoms with Gasteiger partial charge in [-0.1, -0.05) is 24.6 Å². The van der Waals surface area contributed by atoms with Gasteiger partial charge in [0.25, 0.3) is 0 Å². The predicted octanol–water partition coefficient (Wildman–Crippen LogP) is 5.76. The van der Waals surface area contributed by atoms with Gasteiger partial charge in [0.15, 0.2) is 0 Å². The number of hydrogen-bond acceptors (Lipinski definition) is 2. The molecule has 0 saturated heterocycles. The molecule has 1 heterocycles. The van der Waals surface area contributed by atoms with Crippen LogP contribution < -0.4 is 5.32 Å². The van der Waals surface area contributed by atoms with Gasteiger partial charge in [-0.3, -0.25) is 0 Å². The Bertz CT molecular complexity index is 569. The minimum Gasteiger partial charge on any atom is -0.306 e. The van der Waals surface area contributed by atoms with Crippen LogP contribution in [0.5, 0.6) is 0 Å². The van der Waals surface area contributed by atoms with Gasteiger partial charge in [0.1, 0.15) is 10.2 Å². The second-order valence-electron chi connectivity index (χ2n) is 3.93. The fourth-order valence-electron chi connectivity index (χ4n) is 1.78. The Morgan fingerprint density at radius 1 is 1.32 bits per heavy atom. The number of hydrogen-bond donors (Lipinski definition) is 1. The zero-order chi connectivity index (χ0) is 14.0. The summed E-state index contributed by atoms with van der Waals surface area (Å²) in [5.41, 5.74) is 0.882. The SMILES string of the molecule is CCNC(c1ccc(Br)c(F)c1)c1cc(Br)c(Cl)s1. The molecule has 0 saturated carbocycles. The highest BCUT2D eigenvalue weighted by molar-refractivity contribution is 9.10. The molecule has 2 aromatic rings. The van der Waals surface area contributed by atoms with E-state index < -0.39 is 0 Å². The number of halogens is 4. The third kappa shape index (κ3) is 3.58. The lowest BCUT2D eigenvalue weighted by molar-refractivity contribution is 0.602. The van der Waals surface area contributed by atoms with E-state index in [4.69, 9.17) is 11.6 Å². The first-order valence-electron chi connectivity index (χ1n) is 5.66. The zero-order valence-corrected chi connectivity index (χ0v) is 14.8. The van der Waals surface area contributed by atoms with E-state index >= 15 is 0 Å². The Labute approximate surface area is 137 Å². The lowest BCUT2D eigenvalue weighted by atomic mass is 10.1. The molecule has 0 aliphatic rings. The maximum Gasteiger partial charge on any atom is 0.137 e. The maximum absolute atomic E-state index is 13.7. The van der Waals surface area contributed by atoms with Crippen molar-refractivity contribution in [2.75, 3.05) is 6.54 Å². The van der Waals surface area contributed by atoms with Crippen LogP contribution in [0.2, 0.25) is 4.34 Å². The van der Waals surface area contributed by atoms with Crippen molar-refractivity contribution in [2.45, 2.75) is 13.0 Å². The summed E-state index contributed by atoms with van der Waals surface area (Å²) in [5.74, 6) is -0.262. The molecule has 1 aromatic carbocycles. The fraction of sp³-hybridized carbons (Fsp3) is 0.231. The van der Waals surface area contributed by atoms with E-state index in [1.54, 1.807) is 12.1 Å². The van der Waals surface area contributed by atoms with E-state index in [0.717, 1.165) is 21.5 Å². The molecule has 2 rings (SSSR count). The largest absolute Gasteiger partial charge is 0.306 e. The van der Waals surface area contributed by atoms with E-state index in [1.807, 2.05) is 19.1 Å². The molecule has 1 aromatic heterocycles. The van der Waals surface area contributed by atoms with Gasteiger partial charge in [-0.05, 0) is 62.2 Å².